The van der Waals surface area contributed by atoms with Gasteiger partial charge in [-0.15, -0.1) is 11.8 Å². The van der Waals surface area contributed by atoms with Crippen molar-refractivity contribution in [2.45, 2.75) is 38.2 Å². The minimum absolute atomic E-state index is 0.0490. The molecule has 24 heavy (non-hydrogen) atoms. The summed E-state index contributed by atoms with van der Waals surface area (Å²) in [6, 6.07) is 16.2. The maximum absolute atomic E-state index is 12.3. The molecule has 3 nitrogen and oxygen atoms in total. The number of nitrogens with one attached hydrogen (secondary N) is 1. The van der Waals surface area contributed by atoms with Gasteiger partial charge < -0.3 is 10.1 Å². The highest BCUT2D eigenvalue weighted by atomic mass is 32.2. The molecule has 0 saturated carbocycles. The van der Waals surface area contributed by atoms with E-state index in [1.54, 1.807) is 11.8 Å². The fourth-order valence-corrected chi connectivity index (χ4v) is 3.07. The maximum Gasteiger partial charge on any atom is 0.261 e. The fraction of sp³-hybridized carbons (Fsp3) is 0.350. The highest BCUT2D eigenvalue weighted by Gasteiger charge is 2.18. The highest BCUT2D eigenvalue weighted by molar-refractivity contribution is 7.99. The van der Waals surface area contributed by atoms with Gasteiger partial charge in [-0.2, -0.15) is 0 Å². The molecule has 0 fully saturated rings. The quantitative estimate of drug-likeness (QED) is 0.571. The summed E-state index contributed by atoms with van der Waals surface area (Å²) in [6.45, 7) is 6.61. The summed E-state index contributed by atoms with van der Waals surface area (Å²) in [7, 11) is 0. The maximum atomic E-state index is 12.3. The highest BCUT2D eigenvalue weighted by Crippen LogP contribution is 2.21. The van der Waals surface area contributed by atoms with Gasteiger partial charge in [0.15, 0.2) is 6.10 Å². The first-order valence-electron chi connectivity index (χ1n) is 8.29. The van der Waals surface area contributed by atoms with Gasteiger partial charge in [-0.1, -0.05) is 37.3 Å². The van der Waals surface area contributed by atoms with Gasteiger partial charge in [0.1, 0.15) is 5.75 Å². The second-order valence-electron chi connectivity index (χ2n) is 5.74. The Hall–Kier alpha value is -1.94. The number of aryl methyl sites for hydroxylation is 2. The lowest BCUT2D eigenvalue weighted by Crippen LogP contribution is -2.39. The molecule has 0 aliphatic rings. The van der Waals surface area contributed by atoms with Crippen LogP contribution in [0.5, 0.6) is 5.75 Å². The molecule has 2 aromatic rings. The van der Waals surface area contributed by atoms with Crippen LogP contribution in [0, 0.1) is 13.8 Å². The average Bonchev–Trinajstić information content (AvgIpc) is 2.60. The van der Waals surface area contributed by atoms with Crippen molar-refractivity contribution < 1.29 is 9.53 Å². The summed E-state index contributed by atoms with van der Waals surface area (Å²) in [5, 5.41) is 2.97. The normalized spacial score (nSPS) is 11.8. The monoisotopic (exact) mass is 343 g/mol. The second-order valence-corrected chi connectivity index (χ2v) is 6.90. The van der Waals surface area contributed by atoms with Crippen LogP contribution in [0.2, 0.25) is 0 Å². The Bertz CT molecular complexity index is 658. The molecule has 0 aromatic heterocycles. The molecule has 0 radical (unpaired) electrons. The SMILES string of the molecule is CC[C@@H](Oc1cc(C)ccc1C)C(=O)NCCSc1ccccc1. The Morgan fingerprint density at radius 3 is 2.62 bits per heavy atom. The van der Waals surface area contributed by atoms with Crippen molar-refractivity contribution in [2.24, 2.45) is 0 Å². The number of hydrogen-bond donors (Lipinski definition) is 1. The van der Waals surface area contributed by atoms with Crippen molar-refractivity contribution in [1.29, 1.82) is 0 Å². The van der Waals surface area contributed by atoms with E-state index in [0.29, 0.717) is 13.0 Å². The summed E-state index contributed by atoms with van der Waals surface area (Å²) >= 11 is 1.73. The van der Waals surface area contributed by atoms with E-state index in [9.17, 15) is 4.79 Å². The van der Waals surface area contributed by atoms with Gasteiger partial charge in [-0.05, 0) is 49.6 Å². The summed E-state index contributed by atoms with van der Waals surface area (Å²) in [4.78, 5) is 13.6. The molecule has 128 valence electrons. The van der Waals surface area contributed by atoms with E-state index >= 15 is 0 Å². The van der Waals surface area contributed by atoms with Crippen LogP contribution in [0.4, 0.5) is 0 Å². The van der Waals surface area contributed by atoms with E-state index in [1.165, 1.54) is 4.90 Å². The zero-order valence-corrected chi connectivity index (χ0v) is 15.4. The predicted octanol–water partition coefficient (Wildman–Crippen LogP) is 4.37. The predicted molar refractivity (Wildman–Crippen MR) is 101 cm³/mol. The van der Waals surface area contributed by atoms with Gasteiger partial charge in [0.25, 0.3) is 5.91 Å². The minimum atomic E-state index is -0.452. The first-order chi connectivity index (χ1) is 11.6. The molecule has 0 unspecified atom stereocenters. The third kappa shape index (κ3) is 5.60. The van der Waals surface area contributed by atoms with E-state index < -0.39 is 6.10 Å². The van der Waals surface area contributed by atoms with Crippen LogP contribution in [0.1, 0.15) is 24.5 Å². The van der Waals surface area contributed by atoms with Crippen LogP contribution in [-0.4, -0.2) is 24.3 Å². The van der Waals surface area contributed by atoms with Crippen molar-refractivity contribution in [3.8, 4) is 5.75 Å². The molecule has 4 heteroatoms. The Morgan fingerprint density at radius 2 is 1.92 bits per heavy atom. The molecule has 1 atom stereocenters. The number of thioether (sulfide) groups is 1. The molecule has 0 aliphatic heterocycles. The molecule has 1 N–H and O–H groups in total. The van der Waals surface area contributed by atoms with Gasteiger partial charge in [0.05, 0.1) is 0 Å². The van der Waals surface area contributed by atoms with Crippen LogP contribution in [-0.2, 0) is 4.79 Å². The number of hydrogen-bond acceptors (Lipinski definition) is 3. The number of amides is 1. The molecule has 0 saturated heterocycles. The molecule has 0 heterocycles. The third-order valence-corrected chi connectivity index (χ3v) is 4.70. The fourth-order valence-electron chi connectivity index (χ4n) is 2.28. The number of benzene rings is 2. The van der Waals surface area contributed by atoms with Gasteiger partial charge in [-0.3, -0.25) is 4.79 Å². The van der Waals surface area contributed by atoms with E-state index in [1.807, 2.05) is 57.2 Å². The van der Waals surface area contributed by atoms with E-state index in [0.717, 1.165) is 22.6 Å². The summed E-state index contributed by atoms with van der Waals surface area (Å²) < 4.78 is 5.93. The first kappa shape index (κ1) is 18.4. The van der Waals surface area contributed by atoms with Crippen molar-refractivity contribution in [1.82, 2.24) is 5.32 Å². The summed E-state index contributed by atoms with van der Waals surface area (Å²) in [6.07, 6.45) is 0.192. The number of carbonyl (C=O) groups is 1. The third-order valence-electron chi connectivity index (χ3n) is 3.69. The Balaban J connectivity index is 1.81. The van der Waals surface area contributed by atoms with Crippen LogP contribution >= 0.6 is 11.8 Å². The zero-order valence-electron chi connectivity index (χ0n) is 14.5. The van der Waals surface area contributed by atoms with Crippen molar-refractivity contribution in [3.05, 3.63) is 59.7 Å². The minimum Gasteiger partial charge on any atom is -0.480 e. The summed E-state index contributed by atoms with van der Waals surface area (Å²) in [5.41, 5.74) is 2.18. The van der Waals surface area contributed by atoms with E-state index in [2.05, 4.69) is 17.4 Å². The molecule has 2 rings (SSSR count). The van der Waals surface area contributed by atoms with Gasteiger partial charge in [-0.25, -0.2) is 0 Å². The molecular weight excluding hydrogens is 318 g/mol. The van der Waals surface area contributed by atoms with Crippen LogP contribution in [0.3, 0.4) is 0 Å². The number of carbonyl (C=O) groups excluding carboxylic acids is 1. The first-order valence-corrected chi connectivity index (χ1v) is 9.28. The van der Waals surface area contributed by atoms with Crippen molar-refractivity contribution >= 4 is 17.7 Å². The molecule has 1 amide bonds. The standard InChI is InChI=1S/C20H25NO2S/c1-4-18(23-19-14-15(2)10-11-16(19)3)20(22)21-12-13-24-17-8-6-5-7-9-17/h5-11,14,18H,4,12-13H2,1-3H3,(H,21,22)/t18-/m1/s1. The van der Waals surface area contributed by atoms with Crippen LogP contribution in [0.25, 0.3) is 0 Å². The molecule has 0 aliphatic carbocycles. The smallest absolute Gasteiger partial charge is 0.261 e. The number of rotatable bonds is 8. The Kier molecular flexibility index (Phi) is 7.19. The second kappa shape index (κ2) is 9.38. The largest absolute Gasteiger partial charge is 0.480 e. The van der Waals surface area contributed by atoms with Crippen LogP contribution in [0.15, 0.2) is 53.4 Å². The van der Waals surface area contributed by atoms with E-state index in [-0.39, 0.29) is 5.91 Å². The summed E-state index contributed by atoms with van der Waals surface area (Å²) in [5.74, 6) is 1.58. The molecule has 0 bridgehead atoms. The lowest BCUT2D eigenvalue weighted by molar-refractivity contribution is -0.128. The van der Waals surface area contributed by atoms with Gasteiger partial charge >= 0.3 is 0 Å². The Morgan fingerprint density at radius 1 is 1.17 bits per heavy atom. The molecular formula is C20H25NO2S. The van der Waals surface area contributed by atoms with Gasteiger partial charge in [0.2, 0.25) is 0 Å². The van der Waals surface area contributed by atoms with Crippen LogP contribution < -0.4 is 10.1 Å². The average molecular weight is 343 g/mol. The van der Waals surface area contributed by atoms with E-state index in [4.69, 9.17) is 4.74 Å². The Labute approximate surface area is 148 Å². The van der Waals surface area contributed by atoms with Gasteiger partial charge in [0, 0.05) is 17.2 Å². The number of ether oxygens (including phenoxy) is 1. The van der Waals surface area contributed by atoms with Crippen molar-refractivity contribution in [3.63, 3.8) is 0 Å². The molecule has 2 aromatic carbocycles. The van der Waals surface area contributed by atoms with Crippen molar-refractivity contribution in [2.75, 3.05) is 12.3 Å². The lowest BCUT2D eigenvalue weighted by atomic mass is 10.1. The topological polar surface area (TPSA) is 38.3 Å². The molecule has 0 spiro atoms. The lowest BCUT2D eigenvalue weighted by Gasteiger charge is -2.19. The zero-order chi connectivity index (χ0) is 17.4.